The van der Waals surface area contributed by atoms with Gasteiger partial charge >= 0.3 is 0 Å². The summed E-state index contributed by atoms with van der Waals surface area (Å²) in [7, 11) is 0. The van der Waals surface area contributed by atoms with E-state index in [4.69, 9.17) is 0 Å². The van der Waals surface area contributed by atoms with E-state index in [0.29, 0.717) is 19.4 Å². The number of hydrogen-bond donors (Lipinski definition) is 1. The van der Waals surface area contributed by atoms with Crippen molar-refractivity contribution in [1.29, 1.82) is 0 Å². The van der Waals surface area contributed by atoms with Crippen molar-refractivity contribution in [3.05, 3.63) is 35.6 Å². The fourth-order valence-corrected chi connectivity index (χ4v) is 2.89. The first-order valence-electron chi connectivity index (χ1n) is 6.41. The third kappa shape index (κ3) is 2.03. The van der Waals surface area contributed by atoms with E-state index in [2.05, 4.69) is 5.32 Å². The highest BCUT2D eigenvalue weighted by Crippen LogP contribution is 2.48. The number of alkyl halides is 2. The van der Waals surface area contributed by atoms with Gasteiger partial charge in [-0.05, 0) is 25.5 Å². The second-order valence-corrected chi connectivity index (χ2v) is 4.83. The van der Waals surface area contributed by atoms with Crippen LogP contribution in [0.15, 0.2) is 24.3 Å². The van der Waals surface area contributed by atoms with Crippen LogP contribution in [0.1, 0.15) is 38.2 Å². The van der Waals surface area contributed by atoms with Crippen LogP contribution in [0.3, 0.4) is 0 Å². The zero-order chi connectivity index (χ0) is 13.2. The van der Waals surface area contributed by atoms with Gasteiger partial charge in [0.2, 0.25) is 0 Å². The summed E-state index contributed by atoms with van der Waals surface area (Å²) in [5, 5.41) is 2.86. The summed E-state index contributed by atoms with van der Waals surface area (Å²) in [4.78, 5) is 0. The molecule has 100 valence electrons. The minimum absolute atomic E-state index is 0.0940. The van der Waals surface area contributed by atoms with Crippen molar-refractivity contribution in [3.63, 3.8) is 0 Å². The molecule has 0 heterocycles. The summed E-state index contributed by atoms with van der Waals surface area (Å²) in [6, 6.07) is 5.86. The summed E-state index contributed by atoms with van der Waals surface area (Å²) in [6.45, 7) is 2.16. The van der Waals surface area contributed by atoms with E-state index in [1.165, 1.54) is 18.2 Å². The quantitative estimate of drug-likeness (QED) is 0.867. The van der Waals surface area contributed by atoms with Gasteiger partial charge in [-0.25, -0.2) is 13.2 Å². The first kappa shape index (κ1) is 13.4. The minimum atomic E-state index is -2.91. The molecular weight excluding hydrogens is 239 g/mol. The number of halogens is 3. The third-order valence-electron chi connectivity index (χ3n) is 3.73. The van der Waals surface area contributed by atoms with Crippen LogP contribution in [-0.4, -0.2) is 12.5 Å². The fraction of sp³-hybridized carbons (Fsp3) is 0.571. The molecule has 1 fully saturated rings. The molecule has 0 unspecified atom stereocenters. The van der Waals surface area contributed by atoms with E-state index >= 15 is 0 Å². The third-order valence-corrected chi connectivity index (χ3v) is 3.73. The van der Waals surface area contributed by atoms with E-state index in [-0.39, 0.29) is 18.4 Å². The summed E-state index contributed by atoms with van der Waals surface area (Å²) >= 11 is 0. The Morgan fingerprint density at radius 3 is 2.44 bits per heavy atom. The van der Waals surface area contributed by atoms with Gasteiger partial charge in [-0.15, -0.1) is 0 Å². The predicted molar refractivity (Wildman–Crippen MR) is 65.2 cm³/mol. The second kappa shape index (κ2) is 4.92. The van der Waals surface area contributed by atoms with E-state index in [0.717, 1.165) is 0 Å². The molecule has 1 saturated carbocycles. The Balaban J connectivity index is 2.52. The van der Waals surface area contributed by atoms with Crippen molar-refractivity contribution in [2.75, 3.05) is 6.54 Å². The van der Waals surface area contributed by atoms with Crippen molar-refractivity contribution < 1.29 is 13.2 Å². The van der Waals surface area contributed by atoms with Gasteiger partial charge in [0.25, 0.3) is 5.92 Å². The zero-order valence-electron chi connectivity index (χ0n) is 10.5. The molecule has 0 bridgehead atoms. The zero-order valence-corrected chi connectivity index (χ0v) is 10.5. The van der Waals surface area contributed by atoms with E-state index in [1.54, 1.807) is 13.0 Å². The molecule has 1 atom stereocenters. The Bertz CT molecular complexity index is 415. The summed E-state index contributed by atoms with van der Waals surface area (Å²) in [5.41, 5.74) is -1.46. The van der Waals surface area contributed by atoms with Crippen LogP contribution >= 0.6 is 0 Å². The molecule has 18 heavy (non-hydrogen) atoms. The Labute approximate surface area is 105 Å². The largest absolute Gasteiger partial charge is 0.303 e. The Morgan fingerprint density at radius 1 is 1.17 bits per heavy atom. The molecule has 1 nitrogen and oxygen atoms in total. The summed E-state index contributed by atoms with van der Waals surface area (Å²) in [6.07, 6.45) is 1.27. The summed E-state index contributed by atoms with van der Waals surface area (Å²) in [5.74, 6) is -3.47. The number of nitrogens with one attached hydrogen (secondary N) is 1. The standard InChI is InChI=1S/C14H18F3N/c1-2-18-13(9-5-6-10-14(13,16)17)11-7-3-4-8-12(11)15/h3-4,7-8,18H,2,5-6,9-10H2,1H3/t13-/m1/s1. The number of benzene rings is 1. The van der Waals surface area contributed by atoms with Crippen LogP contribution in [0.5, 0.6) is 0 Å². The van der Waals surface area contributed by atoms with Crippen LogP contribution < -0.4 is 5.32 Å². The lowest BCUT2D eigenvalue weighted by Gasteiger charge is -2.45. The smallest absolute Gasteiger partial charge is 0.270 e. The van der Waals surface area contributed by atoms with Crippen LogP contribution in [0.4, 0.5) is 13.2 Å². The van der Waals surface area contributed by atoms with Crippen molar-refractivity contribution >= 4 is 0 Å². The Kier molecular flexibility index (Phi) is 3.66. The molecule has 0 radical (unpaired) electrons. The molecule has 1 aliphatic carbocycles. The molecule has 4 heteroatoms. The Morgan fingerprint density at radius 2 is 1.83 bits per heavy atom. The predicted octanol–water partition coefficient (Wildman–Crippen LogP) is 3.84. The molecule has 1 N–H and O–H groups in total. The molecule has 0 saturated heterocycles. The molecular formula is C14H18F3N. The number of rotatable bonds is 3. The molecule has 1 aromatic rings. The average molecular weight is 257 g/mol. The lowest BCUT2D eigenvalue weighted by atomic mass is 9.73. The first-order chi connectivity index (χ1) is 8.53. The Hall–Kier alpha value is -1.03. The van der Waals surface area contributed by atoms with E-state index < -0.39 is 17.3 Å². The van der Waals surface area contributed by atoms with Gasteiger partial charge in [0.05, 0.1) is 0 Å². The summed E-state index contributed by atoms with van der Waals surface area (Å²) < 4.78 is 42.6. The lowest BCUT2D eigenvalue weighted by Crippen LogP contribution is -2.58. The fourth-order valence-electron chi connectivity index (χ4n) is 2.89. The molecule has 0 aliphatic heterocycles. The van der Waals surface area contributed by atoms with Crippen molar-refractivity contribution in [2.45, 2.75) is 44.1 Å². The molecule has 1 aromatic carbocycles. The molecule has 2 rings (SSSR count). The van der Waals surface area contributed by atoms with E-state index in [9.17, 15) is 13.2 Å². The van der Waals surface area contributed by atoms with Gasteiger partial charge in [0.15, 0.2) is 0 Å². The highest BCUT2D eigenvalue weighted by atomic mass is 19.3. The molecule has 0 aromatic heterocycles. The van der Waals surface area contributed by atoms with Crippen LogP contribution in [0.25, 0.3) is 0 Å². The van der Waals surface area contributed by atoms with Crippen molar-refractivity contribution in [3.8, 4) is 0 Å². The molecule has 0 amide bonds. The topological polar surface area (TPSA) is 12.0 Å². The molecule has 0 spiro atoms. The van der Waals surface area contributed by atoms with Crippen LogP contribution in [0, 0.1) is 5.82 Å². The highest BCUT2D eigenvalue weighted by Gasteiger charge is 2.56. The highest BCUT2D eigenvalue weighted by molar-refractivity contribution is 5.30. The maximum absolute atomic E-state index is 14.3. The number of hydrogen-bond acceptors (Lipinski definition) is 1. The van der Waals surface area contributed by atoms with Crippen LogP contribution in [0.2, 0.25) is 0 Å². The van der Waals surface area contributed by atoms with Crippen molar-refractivity contribution in [1.82, 2.24) is 5.32 Å². The van der Waals surface area contributed by atoms with Gasteiger partial charge in [0.1, 0.15) is 11.4 Å². The first-order valence-corrected chi connectivity index (χ1v) is 6.41. The second-order valence-electron chi connectivity index (χ2n) is 4.83. The van der Waals surface area contributed by atoms with Gasteiger partial charge in [0, 0.05) is 12.0 Å². The SMILES string of the molecule is CCN[C@@]1(c2ccccc2F)CCCCC1(F)F. The lowest BCUT2D eigenvalue weighted by molar-refractivity contribution is -0.122. The minimum Gasteiger partial charge on any atom is -0.303 e. The maximum Gasteiger partial charge on any atom is 0.270 e. The monoisotopic (exact) mass is 257 g/mol. The van der Waals surface area contributed by atoms with Crippen LogP contribution in [-0.2, 0) is 5.54 Å². The van der Waals surface area contributed by atoms with Gasteiger partial charge in [-0.2, -0.15) is 0 Å². The average Bonchev–Trinajstić information content (AvgIpc) is 2.33. The van der Waals surface area contributed by atoms with Gasteiger partial charge in [-0.3, -0.25) is 0 Å². The molecule has 1 aliphatic rings. The normalized spacial score (nSPS) is 27.1. The van der Waals surface area contributed by atoms with Gasteiger partial charge < -0.3 is 5.32 Å². The van der Waals surface area contributed by atoms with Gasteiger partial charge in [-0.1, -0.05) is 31.5 Å². The van der Waals surface area contributed by atoms with E-state index in [1.807, 2.05) is 0 Å². The van der Waals surface area contributed by atoms with Crippen molar-refractivity contribution in [2.24, 2.45) is 0 Å². The maximum atomic E-state index is 14.3.